The van der Waals surface area contributed by atoms with E-state index in [0.29, 0.717) is 11.7 Å². The summed E-state index contributed by atoms with van der Waals surface area (Å²) in [7, 11) is 0. The number of aromatic nitrogens is 2. The standard InChI is InChI=1S/C16H25N3O2/c1-2-8-19-14-7-6-12(18-9-4-3-5-10-18)11-13(14)15(17-19)16(20)21/h12H,2-11H2,1H3,(H,20,21)/t12-/m1/s1. The molecule has 0 radical (unpaired) electrons. The van der Waals surface area contributed by atoms with Gasteiger partial charge in [0.25, 0.3) is 0 Å². The molecule has 1 aliphatic carbocycles. The molecule has 0 unspecified atom stereocenters. The minimum absolute atomic E-state index is 0.292. The van der Waals surface area contributed by atoms with Crippen LogP contribution >= 0.6 is 0 Å². The third kappa shape index (κ3) is 2.84. The van der Waals surface area contributed by atoms with E-state index in [1.807, 2.05) is 4.68 Å². The van der Waals surface area contributed by atoms with Gasteiger partial charge in [0.15, 0.2) is 5.69 Å². The topological polar surface area (TPSA) is 58.4 Å². The number of likely N-dealkylation sites (tertiary alicyclic amines) is 1. The molecule has 2 heterocycles. The number of aryl methyl sites for hydroxylation is 1. The smallest absolute Gasteiger partial charge is 0.356 e. The van der Waals surface area contributed by atoms with Crippen LogP contribution in [0.4, 0.5) is 0 Å². The zero-order chi connectivity index (χ0) is 14.8. The Kier molecular flexibility index (Phi) is 4.29. The normalized spacial score (nSPS) is 23.0. The van der Waals surface area contributed by atoms with E-state index in [2.05, 4.69) is 16.9 Å². The molecular formula is C16H25N3O2. The van der Waals surface area contributed by atoms with Gasteiger partial charge in [-0.25, -0.2) is 4.79 Å². The molecule has 5 heteroatoms. The molecule has 1 saturated heterocycles. The molecule has 1 fully saturated rings. The molecule has 5 nitrogen and oxygen atoms in total. The summed E-state index contributed by atoms with van der Waals surface area (Å²) >= 11 is 0. The number of piperidine rings is 1. The summed E-state index contributed by atoms with van der Waals surface area (Å²) in [5.74, 6) is -0.875. The van der Waals surface area contributed by atoms with Crippen molar-refractivity contribution >= 4 is 5.97 Å². The number of aromatic carboxylic acids is 1. The zero-order valence-electron chi connectivity index (χ0n) is 12.8. The van der Waals surface area contributed by atoms with Crippen LogP contribution in [0.1, 0.15) is 60.8 Å². The maximum atomic E-state index is 11.5. The number of hydrogen-bond acceptors (Lipinski definition) is 3. The van der Waals surface area contributed by atoms with E-state index in [4.69, 9.17) is 0 Å². The van der Waals surface area contributed by atoms with Gasteiger partial charge in [-0.05, 0) is 51.6 Å². The molecule has 1 aliphatic heterocycles. The molecule has 1 N–H and O–H groups in total. The van der Waals surface area contributed by atoms with Crippen molar-refractivity contribution in [2.75, 3.05) is 13.1 Å². The Hall–Kier alpha value is -1.36. The highest BCUT2D eigenvalue weighted by molar-refractivity contribution is 5.87. The van der Waals surface area contributed by atoms with Crippen LogP contribution in [0.2, 0.25) is 0 Å². The molecule has 1 atom stereocenters. The third-order valence-corrected chi connectivity index (χ3v) is 4.87. The number of carboxylic acids is 1. The average Bonchev–Trinajstić information content (AvgIpc) is 2.87. The van der Waals surface area contributed by atoms with Gasteiger partial charge in [-0.15, -0.1) is 0 Å². The second-order valence-corrected chi connectivity index (χ2v) is 6.30. The molecule has 21 heavy (non-hydrogen) atoms. The molecule has 2 aliphatic rings. The van der Waals surface area contributed by atoms with Crippen LogP contribution in [0.5, 0.6) is 0 Å². The quantitative estimate of drug-likeness (QED) is 0.925. The van der Waals surface area contributed by atoms with E-state index >= 15 is 0 Å². The first-order chi connectivity index (χ1) is 10.2. The average molecular weight is 291 g/mol. The number of rotatable bonds is 4. The van der Waals surface area contributed by atoms with E-state index in [0.717, 1.165) is 37.8 Å². The highest BCUT2D eigenvalue weighted by Crippen LogP contribution is 2.29. The fraction of sp³-hybridized carbons (Fsp3) is 0.750. The van der Waals surface area contributed by atoms with Gasteiger partial charge in [-0.1, -0.05) is 13.3 Å². The fourth-order valence-electron chi connectivity index (χ4n) is 3.83. The first kappa shape index (κ1) is 14.6. The lowest BCUT2D eigenvalue weighted by molar-refractivity contribution is 0.0687. The molecule has 3 rings (SSSR count). The van der Waals surface area contributed by atoms with Crippen molar-refractivity contribution in [2.45, 2.75) is 64.5 Å². The Bertz CT molecular complexity index is 518. The number of nitrogens with zero attached hydrogens (tertiary/aromatic N) is 3. The molecule has 0 amide bonds. The number of hydrogen-bond donors (Lipinski definition) is 1. The maximum absolute atomic E-state index is 11.5. The van der Waals surface area contributed by atoms with Crippen LogP contribution in [-0.2, 0) is 19.4 Å². The van der Waals surface area contributed by atoms with E-state index in [9.17, 15) is 9.90 Å². The lowest BCUT2D eigenvalue weighted by Crippen LogP contribution is -2.42. The van der Waals surface area contributed by atoms with Crippen LogP contribution < -0.4 is 0 Å². The fourth-order valence-corrected chi connectivity index (χ4v) is 3.83. The van der Waals surface area contributed by atoms with Crippen LogP contribution in [0.25, 0.3) is 0 Å². The van der Waals surface area contributed by atoms with Gasteiger partial charge in [0.2, 0.25) is 0 Å². The van der Waals surface area contributed by atoms with Crippen LogP contribution in [0.15, 0.2) is 0 Å². The predicted molar refractivity (Wildman–Crippen MR) is 80.7 cm³/mol. The summed E-state index contributed by atoms with van der Waals surface area (Å²) in [4.78, 5) is 14.0. The van der Waals surface area contributed by atoms with Gasteiger partial charge < -0.3 is 10.0 Å². The molecule has 0 bridgehead atoms. The molecular weight excluding hydrogens is 266 g/mol. The second-order valence-electron chi connectivity index (χ2n) is 6.30. The van der Waals surface area contributed by atoms with Gasteiger partial charge in [0.1, 0.15) is 0 Å². The van der Waals surface area contributed by atoms with Crippen molar-refractivity contribution in [1.29, 1.82) is 0 Å². The second kappa shape index (κ2) is 6.18. The molecule has 0 saturated carbocycles. The van der Waals surface area contributed by atoms with Gasteiger partial charge in [0.05, 0.1) is 0 Å². The molecule has 116 valence electrons. The lowest BCUT2D eigenvalue weighted by Gasteiger charge is -2.36. The number of carboxylic acid groups (broad SMARTS) is 1. The van der Waals surface area contributed by atoms with Crippen LogP contribution in [0.3, 0.4) is 0 Å². The summed E-state index contributed by atoms with van der Waals surface area (Å²) in [6.07, 6.45) is 7.86. The summed E-state index contributed by atoms with van der Waals surface area (Å²) in [5, 5.41) is 13.8. The van der Waals surface area contributed by atoms with E-state index in [-0.39, 0.29) is 0 Å². The summed E-state index contributed by atoms with van der Waals surface area (Å²) in [6.45, 7) is 5.27. The van der Waals surface area contributed by atoms with Crippen molar-refractivity contribution in [2.24, 2.45) is 0 Å². The van der Waals surface area contributed by atoms with E-state index in [1.165, 1.54) is 38.0 Å². The van der Waals surface area contributed by atoms with Gasteiger partial charge >= 0.3 is 5.97 Å². The monoisotopic (exact) mass is 291 g/mol. The molecule has 0 spiro atoms. The van der Waals surface area contributed by atoms with Gasteiger partial charge in [0, 0.05) is 23.8 Å². The summed E-state index contributed by atoms with van der Waals surface area (Å²) in [6, 6.07) is 0.509. The Balaban J connectivity index is 1.84. The van der Waals surface area contributed by atoms with Gasteiger partial charge in [-0.2, -0.15) is 5.10 Å². The van der Waals surface area contributed by atoms with Crippen LogP contribution in [0, 0.1) is 0 Å². The predicted octanol–water partition coefficient (Wildman–Crippen LogP) is 2.33. The first-order valence-electron chi connectivity index (χ1n) is 8.26. The highest BCUT2D eigenvalue weighted by Gasteiger charge is 2.31. The highest BCUT2D eigenvalue weighted by atomic mass is 16.4. The Morgan fingerprint density at radius 1 is 1.33 bits per heavy atom. The molecule has 1 aromatic heterocycles. The van der Waals surface area contributed by atoms with Crippen molar-refractivity contribution in [1.82, 2.24) is 14.7 Å². The van der Waals surface area contributed by atoms with Crippen molar-refractivity contribution in [3.63, 3.8) is 0 Å². The SMILES string of the molecule is CCCn1nc(C(=O)O)c2c1CC[C@@H](N1CCCCC1)C2. The van der Waals surface area contributed by atoms with Crippen molar-refractivity contribution < 1.29 is 9.90 Å². The molecule has 1 aromatic rings. The minimum Gasteiger partial charge on any atom is -0.476 e. The Labute approximate surface area is 125 Å². The lowest BCUT2D eigenvalue weighted by atomic mass is 9.89. The first-order valence-corrected chi connectivity index (χ1v) is 8.26. The van der Waals surface area contributed by atoms with E-state index in [1.54, 1.807) is 0 Å². The maximum Gasteiger partial charge on any atom is 0.356 e. The Morgan fingerprint density at radius 3 is 2.76 bits per heavy atom. The Morgan fingerprint density at radius 2 is 2.10 bits per heavy atom. The summed E-state index contributed by atoms with van der Waals surface area (Å²) in [5.41, 5.74) is 2.46. The minimum atomic E-state index is -0.875. The van der Waals surface area contributed by atoms with Gasteiger partial charge in [-0.3, -0.25) is 4.68 Å². The third-order valence-electron chi connectivity index (χ3n) is 4.87. The van der Waals surface area contributed by atoms with Crippen molar-refractivity contribution in [3.8, 4) is 0 Å². The van der Waals surface area contributed by atoms with Crippen LogP contribution in [-0.4, -0.2) is 44.9 Å². The number of carbonyl (C=O) groups is 1. The zero-order valence-corrected chi connectivity index (χ0v) is 12.8. The number of fused-ring (bicyclic) bond motifs is 1. The largest absolute Gasteiger partial charge is 0.476 e. The molecule has 0 aromatic carbocycles. The summed E-state index contributed by atoms with van der Waals surface area (Å²) < 4.78 is 1.94. The van der Waals surface area contributed by atoms with Crippen molar-refractivity contribution in [3.05, 3.63) is 17.0 Å². The van der Waals surface area contributed by atoms with E-state index < -0.39 is 5.97 Å².